The normalized spacial score (nSPS) is 14.2. The van der Waals surface area contributed by atoms with Crippen LogP contribution in [0.3, 0.4) is 0 Å². The third kappa shape index (κ3) is 4.90. The molecule has 1 aliphatic heterocycles. The summed E-state index contributed by atoms with van der Waals surface area (Å²) in [5.41, 5.74) is 0.933. The fourth-order valence-electron chi connectivity index (χ4n) is 2.96. The molecule has 1 saturated heterocycles. The van der Waals surface area contributed by atoms with E-state index < -0.39 is 10.8 Å². The van der Waals surface area contributed by atoms with E-state index in [-0.39, 0.29) is 16.8 Å². The number of hydrogen-bond acceptors (Lipinski definition) is 6. The number of anilines is 2. The number of carbonyl (C=O) groups excluding carboxylic acids is 1. The van der Waals surface area contributed by atoms with Crippen molar-refractivity contribution >= 4 is 40.6 Å². The molecule has 1 amide bonds. The number of halogens is 1. The number of nitriles is 1. The Bertz CT molecular complexity index is 1010. The zero-order valence-corrected chi connectivity index (χ0v) is 16.1. The van der Waals surface area contributed by atoms with Crippen LogP contribution in [0.15, 0.2) is 48.0 Å². The molecule has 29 heavy (non-hydrogen) atoms. The number of nitro groups is 1. The Morgan fingerprint density at radius 2 is 2.00 bits per heavy atom. The zero-order chi connectivity index (χ0) is 20.8. The van der Waals surface area contributed by atoms with Gasteiger partial charge in [0.2, 0.25) is 0 Å². The lowest BCUT2D eigenvalue weighted by molar-refractivity contribution is -0.385. The summed E-state index contributed by atoms with van der Waals surface area (Å²) in [5.74, 6) is -0.678. The lowest BCUT2D eigenvalue weighted by Gasteiger charge is -2.30. The van der Waals surface area contributed by atoms with Crippen molar-refractivity contribution in [2.75, 3.05) is 36.5 Å². The Morgan fingerprint density at radius 1 is 1.28 bits per heavy atom. The molecule has 1 heterocycles. The fourth-order valence-corrected chi connectivity index (χ4v) is 3.13. The number of ether oxygens (including phenoxy) is 1. The number of amides is 1. The molecule has 0 aliphatic carbocycles. The topological polar surface area (TPSA) is 108 Å². The average molecular weight is 413 g/mol. The van der Waals surface area contributed by atoms with Gasteiger partial charge in [0.15, 0.2) is 0 Å². The minimum atomic E-state index is -0.678. The van der Waals surface area contributed by atoms with Crippen LogP contribution in [0.5, 0.6) is 0 Å². The van der Waals surface area contributed by atoms with Crippen molar-refractivity contribution < 1.29 is 14.5 Å². The standard InChI is InChI=1S/C20H17ClN4O4/c21-16-5-6-19(24-7-9-29-10-8-24)17(12-16)23-20(26)15(13-22)11-14-3-1-2-4-18(14)25(27)28/h1-6,11-12H,7-10H2,(H,23,26)/b15-11+. The van der Waals surface area contributed by atoms with Gasteiger partial charge in [-0.2, -0.15) is 5.26 Å². The maximum atomic E-state index is 12.7. The maximum Gasteiger partial charge on any atom is 0.276 e. The van der Waals surface area contributed by atoms with Crippen LogP contribution in [0.2, 0.25) is 5.02 Å². The van der Waals surface area contributed by atoms with Crippen LogP contribution in [0.1, 0.15) is 5.56 Å². The summed E-state index contributed by atoms with van der Waals surface area (Å²) in [4.78, 5) is 25.4. The lowest BCUT2D eigenvalue weighted by Crippen LogP contribution is -2.36. The molecular weight excluding hydrogens is 396 g/mol. The van der Waals surface area contributed by atoms with Crippen molar-refractivity contribution in [2.45, 2.75) is 0 Å². The number of nitro benzene ring substituents is 1. The molecule has 0 bridgehead atoms. The van der Waals surface area contributed by atoms with Crippen LogP contribution in [0.4, 0.5) is 17.1 Å². The van der Waals surface area contributed by atoms with Crippen molar-refractivity contribution in [3.8, 4) is 6.07 Å². The first-order valence-electron chi connectivity index (χ1n) is 8.78. The molecule has 0 radical (unpaired) electrons. The third-order valence-electron chi connectivity index (χ3n) is 4.36. The van der Waals surface area contributed by atoms with Crippen LogP contribution < -0.4 is 10.2 Å². The molecule has 3 rings (SSSR count). The first-order chi connectivity index (χ1) is 14.0. The van der Waals surface area contributed by atoms with Crippen LogP contribution in [-0.4, -0.2) is 37.1 Å². The van der Waals surface area contributed by atoms with E-state index in [1.807, 2.05) is 11.0 Å². The molecule has 1 fully saturated rings. The number of para-hydroxylation sites is 1. The number of nitrogens with zero attached hydrogens (tertiary/aromatic N) is 3. The Kier molecular flexibility index (Phi) is 6.44. The van der Waals surface area contributed by atoms with E-state index in [9.17, 15) is 20.2 Å². The second-order valence-electron chi connectivity index (χ2n) is 6.20. The summed E-state index contributed by atoms with van der Waals surface area (Å²) in [6.07, 6.45) is 1.20. The van der Waals surface area contributed by atoms with Gasteiger partial charge >= 0.3 is 0 Å². The molecule has 2 aromatic rings. The van der Waals surface area contributed by atoms with E-state index in [1.54, 1.807) is 24.3 Å². The van der Waals surface area contributed by atoms with Gasteiger partial charge in [0.05, 0.1) is 35.1 Å². The first-order valence-corrected chi connectivity index (χ1v) is 9.16. The fraction of sp³-hybridized carbons (Fsp3) is 0.200. The van der Waals surface area contributed by atoms with E-state index in [1.165, 1.54) is 24.3 Å². The predicted molar refractivity (Wildman–Crippen MR) is 110 cm³/mol. The number of rotatable bonds is 5. The summed E-state index contributed by atoms with van der Waals surface area (Å²) in [6, 6.07) is 12.8. The smallest absolute Gasteiger partial charge is 0.276 e. The molecule has 9 heteroatoms. The highest BCUT2D eigenvalue weighted by Crippen LogP contribution is 2.30. The Balaban J connectivity index is 1.90. The van der Waals surface area contributed by atoms with Crippen LogP contribution in [0.25, 0.3) is 6.08 Å². The Morgan fingerprint density at radius 3 is 2.69 bits per heavy atom. The molecule has 2 aromatic carbocycles. The van der Waals surface area contributed by atoms with Crippen molar-refractivity contribution in [2.24, 2.45) is 0 Å². The SMILES string of the molecule is N#C/C(=C\c1ccccc1[N+](=O)[O-])C(=O)Nc1cc(Cl)ccc1N1CCOCC1. The molecule has 0 saturated carbocycles. The molecule has 0 atom stereocenters. The Hall–Kier alpha value is -3.41. The van der Waals surface area contributed by atoms with Crippen molar-refractivity contribution in [1.29, 1.82) is 5.26 Å². The van der Waals surface area contributed by atoms with Gasteiger partial charge in [-0.05, 0) is 30.3 Å². The number of nitrogens with one attached hydrogen (secondary N) is 1. The summed E-state index contributed by atoms with van der Waals surface area (Å²) in [7, 11) is 0. The lowest BCUT2D eigenvalue weighted by atomic mass is 10.1. The average Bonchev–Trinajstić information content (AvgIpc) is 2.72. The minimum Gasteiger partial charge on any atom is -0.378 e. The summed E-state index contributed by atoms with van der Waals surface area (Å²) < 4.78 is 5.36. The first kappa shape index (κ1) is 20.3. The van der Waals surface area contributed by atoms with Crippen molar-refractivity contribution in [3.05, 3.63) is 68.7 Å². The van der Waals surface area contributed by atoms with E-state index in [4.69, 9.17) is 16.3 Å². The van der Waals surface area contributed by atoms with E-state index in [2.05, 4.69) is 5.32 Å². The molecular formula is C20H17ClN4O4. The van der Waals surface area contributed by atoms with E-state index in [0.29, 0.717) is 37.0 Å². The number of morpholine rings is 1. The summed E-state index contributed by atoms with van der Waals surface area (Å²) in [5, 5.41) is 23.7. The highest BCUT2D eigenvalue weighted by atomic mass is 35.5. The molecule has 1 aliphatic rings. The monoisotopic (exact) mass is 412 g/mol. The van der Waals surface area contributed by atoms with Crippen LogP contribution >= 0.6 is 11.6 Å². The molecule has 0 aromatic heterocycles. The van der Waals surface area contributed by atoms with Gasteiger partial charge in [0.25, 0.3) is 11.6 Å². The van der Waals surface area contributed by atoms with Crippen molar-refractivity contribution in [1.82, 2.24) is 0 Å². The van der Waals surface area contributed by atoms with E-state index >= 15 is 0 Å². The predicted octanol–water partition coefficient (Wildman–Crippen LogP) is 3.63. The number of hydrogen-bond donors (Lipinski definition) is 1. The van der Waals surface area contributed by atoms with Crippen LogP contribution in [0, 0.1) is 21.4 Å². The van der Waals surface area contributed by atoms with Gasteiger partial charge in [-0.1, -0.05) is 23.7 Å². The Labute approximate surface area is 172 Å². The summed E-state index contributed by atoms with van der Waals surface area (Å²) >= 11 is 6.09. The molecule has 0 spiro atoms. The van der Waals surface area contributed by atoms with Crippen molar-refractivity contribution in [3.63, 3.8) is 0 Å². The number of carbonyl (C=O) groups is 1. The molecule has 148 valence electrons. The largest absolute Gasteiger partial charge is 0.378 e. The summed E-state index contributed by atoms with van der Waals surface area (Å²) in [6.45, 7) is 2.44. The van der Waals surface area contributed by atoms with Gasteiger partial charge in [-0.3, -0.25) is 14.9 Å². The highest BCUT2D eigenvalue weighted by Gasteiger charge is 2.19. The van der Waals surface area contributed by atoms with E-state index in [0.717, 1.165) is 5.69 Å². The van der Waals surface area contributed by atoms with Gasteiger partial charge < -0.3 is 15.0 Å². The van der Waals surface area contributed by atoms with Gasteiger partial charge in [0, 0.05) is 24.2 Å². The van der Waals surface area contributed by atoms with Gasteiger partial charge in [-0.25, -0.2) is 0 Å². The maximum absolute atomic E-state index is 12.7. The minimum absolute atomic E-state index is 0.170. The zero-order valence-electron chi connectivity index (χ0n) is 15.3. The molecule has 1 N–H and O–H groups in total. The van der Waals surface area contributed by atoms with Gasteiger partial charge in [-0.15, -0.1) is 0 Å². The second kappa shape index (κ2) is 9.19. The third-order valence-corrected chi connectivity index (χ3v) is 4.59. The molecule has 8 nitrogen and oxygen atoms in total. The van der Waals surface area contributed by atoms with Gasteiger partial charge in [0.1, 0.15) is 11.6 Å². The van der Waals surface area contributed by atoms with Crippen LogP contribution in [-0.2, 0) is 9.53 Å². The molecule has 0 unspecified atom stereocenters. The number of benzene rings is 2. The highest BCUT2D eigenvalue weighted by molar-refractivity contribution is 6.31. The second-order valence-corrected chi connectivity index (χ2v) is 6.64. The quantitative estimate of drug-likeness (QED) is 0.347.